The van der Waals surface area contributed by atoms with Gasteiger partial charge < -0.3 is 10.8 Å². The maximum absolute atomic E-state index is 11.1. The zero-order valence-electron chi connectivity index (χ0n) is 9.26. The van der Waals surface area contributed by atoms with Gasteiger partial charge in [-0.3, -0.25) is 0 Å². The smallest absolute Gasteiger partial charge is 0.336 e. The molecule has 0 unspecified atom stereocenters. The van der Waals surface area contributed by atoms with Gasteiger partial charge in [-0.2, -0.15) is 0 Å². The van der Waals surface area contributed by atoms with E-state index in [0.29, 0.717) is 15.6 Å². The van der Waals surface area contributed by atoms with Gasteiger partial charge in [0.15, 0.2) is 0 Å². The van der Waals surface area contributed by atoms with Gasteiger partial charge in [0.05, 0.1) is 5.56 Å². The second-order valence-electron chi connectivity index (χ2n) is 3.59. The standard InChI is InChI=1S/C13H10ClNO2S/c14-8-3-1-4-9(7-8)18-12-10(13(16)17)5-2-6-11(12)15/h1-7H,15H2,(H,16,17). The molecule has 3 nitrogen and oxygen atoms in total. The van der Waals surface area contributed by atoms with Gasteiger partial charge in [-0.1, -0.05) is 35.5 Å². The molecular formula is C13H10ClNO2S. The van der Waals surface area contributed by atoms with E-state index in [1.807, 2.05) is 12.1 Å². The van der Waals surface area contributed by atoms with Crippen molar-refractivity contribution in [1.82, 2.24) is 0 Å². The van der Waals surface area contributed by atoms with Crippen LogP contribution in [0, 0.1) is 0 Å². The predicted octanol–water partition coefficient (Wildman–Crippen LogP) is 3.77. The minimum absolute atomic E-state index is 0.194. The molecule has 5 heteroatoms. The molecule has 0 saturated heterocycles. The third-order valence-corrected chi connectivity index (χ3v) is 3.68. The van der Waals surface area contributed by atoms with E-state index in [9.17, 15) is 4.79 Å². The summed E-state index contributed by atoms with van der Waals surface area (Å²) in [7, 11) is 0. The van der Waals surface area contributed by atoms with Crippen molar-refractivity contribution in [3.8, 4) is 0 Å². The summed E-state index contributed by atoms with van der Waals surface area (Å²) in [6.45, 7) is 0. The number of carbonyl (C=O) groups is 1. The number of benzene rings is 2. The highest BCUT2D eigenvalue weighted by molar-refractivity contribution is 7.99. The average Bonchev–Trinajstić information content (AvgIpc) is 2.31. The van der Waals surface area contributed by atoms with Crippen LogP contribution >= 0.6 is 23.4 Å². The van der Waals surface area contributed by atoms with Crippen molar-refractivity contribution in [2.45, 2.75) is 9.79 Å². The van der Waals surface area contributed by atoms with Gasteiger partial charge in [-0.05, 0) is 30.3 Å². The monoisotopic (exact) mass is 279 g/mol. The van der Waals surface area contributed by atoms with Gasteiger partial charge in [0, 0.05) is 20.5 Å². The number of halogens is 1. The molecule has 0 atom stereocenters. The maximum atomic E-state index is 11.1. The number of nitrogen functional groups attached to an aromatic ring is 1. The Labute approximate surface area is 114 Å². The fraction of sp³-hybridized carbons (Fsp3) is 0. The minimum atomic E-state index is -0.994. The molecule has 0 amide bonds. The van der Waals surface area contributed by atoms with E-state index in [-0.39, 0.29) is 5.56 Å². The van der Waals surface area contributed by atoms with Crippen LogP contribution in [-0.2, 0) is 0 Å². The molecule has 0 fully saturated rings. The first-order chi connectivity index (χ1) is 8.58. The van der Waals surface area contributed by atoms with Crippen LogP contribution < -0.4 is 5.73 Å². The number of nitrogens with two attached hydrogens (primary N) is 1. The van der Waals surface area contributed by atoms with Crippen molar-refractivity contribution in [1.29, 1.82) is 0 Å². The molecule has 92 valence electrons. The highest BCUT2D eigenvalue weighted by Gasteiger charge is 2.13. The van der Waals surface area contributed by atoms with Gasteiger partial charge in [-0.15, -0.1) is 0 Å². The molecule has 2 rings (SSSR count). The zero-order valence-corrected chi connectivity index (χ0v) is 10.8. The summed E-state index contributed by atoms with van der Waals surface area (Å²) in [5.41, 5.74) is 6.47. The maximum Gasteiger partial charge on any atom is 0.336 e. The van der Waals surface area contributed by atoms with Crippen molar-refractivity contribution < 1.29 is 9.90 Å². The number of aromatic carboxylic acids is 1. The lowest BCUT2D eigenvalue weighted by Crippen LogP contribution is -2.01. The Morgan fingerprint density at radius 3 is 2.61 bits per heavy atom. The SMILES string of the molecule is Nc1cccc(C(=O)O)c1Sc1cccc(Cl)c1. The Kier molecular flexibility index (Phi) is 3.79. The van der Waals surface area contributed by atoms with Gasteiger partial charge in [-0.25, -0.2) is 4.79 Å². The molecule has 0 saturated carbocycles. The Balaban J connectivity index is 2.42. The summed E-state index contributed by atoms with van der Waals surface area (Å²) < 4.78 is 0. The first-order valence-electron chi connectivity index (χ1n) is 5.13. The quantitative estimate of drug-likeness (QED) is 0.840. The van der Waals surface area contributed by atoms with Crippen molar-refractivity contribution in [3.05, 3.63) is 53.1 Å². The molecular weight excluding hydrogens is 270 g/mol. The van der Waals surface area contributed by atoms with Crippen LogP contribution in [0.5, 0.6) is 0 Å². The van der Waals surface area contributed by atoms with E-state index in [0.717, 1.165) is 4.90 Å². The molecule has 0 aliphatic heterocycles. The van der Waals surface area contributed by atoms with Crippen LogP contribution in [0.2, 0.25) is 5.02 Å². The van der Waals surface area contributed by atoms with E-state index in [2.05, 4.69) is 0 Å². The molecule has 0 radical (unpaired) electrons. The lowest BCUT2D eigenvalue weighted by Gasteiger charge is -2.09. The third-order valence-electron chi connectivity index (χ3n) is 2.29. The summed E-state index contributed by atoms with van der Waals surface area (Å²) >= 11 is 7.19. The number of rotatable bonds is 3. The number of anilines is 1. The second kappa shape index (κ2) is 5.33. The van der Waals surface area contributed by atoms with E-state index < -0.39 is 5.97 Å². The number of carboxylic acid groups (broad SMARTS) is 1. The number of carboxylic acids is 1. The third kappa shape index (κ3) is 2.78. The molecule has 3 N–H and O–H groups in total. The molecule has 0 aliphatic carbocycles. The Bertz CT molecular complexity index is 601. The summed E-state index contributed by atoms with van der Waals surface area (Å²) in [5.74, 6) is -0.994. The normalized spacial score (nSPS) is 10.3. The topological polar surface area (TPSA) is 63.3 Å². The lowest BCUT2D eigenvalue weighted by atomic mass is 10.2. The van der Waals surface area contributed by atoms with E-state index in [1.165, 1.54) is 17.8 Å². The van der Waals surface area contributed by atoms with E-state index in [4.69, 9.17) is 22.4 Å². The van der Waals surface area contributed by atoms with Crippen molar-refractivity contribution in [2.24, 2.45) is 0 Å². The lowest BCUT2D eigenvalue weighted by molar-refractivity contribution is 0.0693. The minimum Gasteiger partial charge on any atom is -0.478 e. The molecule has 0 bridgehead atoms. The van der Waals surface area contributed by atoms with Crippen LogP contribution in [-0.4, -0.2) is 11.1 Å². The molecule has 18 heavy (non-hydrogen) atoms. The molecule has 0 aromatic heterocycles. The Hall–Kier alpha value is -1.65. The predicted molar refractivity (Wildman–Crippen MR) is 73.4 cm³/mol. The van der Waals surface area contributed by atoms with E-state index >= 15 is 0 Å². The van der Waals surface area contributed by atoms with Gasteiger partial charge in [0.2, 0.25) is 0 Å². The molecule has 0 heterocycles. The van der Waals surface area contributed by atoms with E-state index in [1.54, 1.807) is 24.3 Å². The summed E-state index contributed by atoms with van der Waals surface area (Å²) in [4.78, 5) is 12.5. The van der Waals surface area contributed by atoms with Crippen LogP contribution in [0.4, 0.5) is 5.69 Å². The average molecular weight is 280 g/mol. The Morgan fingerprint density at radius 2 is 1.94 bits per heavy atom. The fourth-order valence-electron chi connectivity index (χ4n) is 1.49. The van der Waals surface area contributed by atoms with Crippen LogP contribution in [0.15, 0.2) is 52.3 Å². The van der Waals surface area contributed by atoms with Crippen molar-refractivity contribution in [2.75, 3.05) is 5.73 Å². The largest absolute Gasteiger partial charge is 0.478 e. The molecule has 2 aromatic carbocycles. The van der Waals surface area contributed by atoms with Crippen molar-refractivity contribution in [3.63, 3.8) is 0 Å². The summed E-state index contributed by atoms with van der Waals surface area (Å²) in [6.07, 6.45) is 0. The van der Waals surface area contributed by atoms with Gasteiger partial charge >= 0.3 is 5.97 Å². The summed E-state index contributed by atoms with van der Waals surface area (Å²) in [5, 5.41) is 9.73. The molecule has 2 aromatic rings. The van der Waals surface area contributed by atoms with Crippen molar-refractivity contribution >= 4 is 35.0 Å². The molecule has 0 aliphatic rings. The second-order valence-corrected chi connectivity index (χ2v) is 5.11. The first-order valence-corrected chi connectivity index (χ1v) is 6.32. The Morgan fingerprint density at radius 1 is 1.22 bits per heavy atom. The highest BCUT2D eigenvalue weighted by Crippen LogP contribution is 2.35. The highest BCUT2D eigenvalue weighted by atomic mass is 35.5. The zero-order chi connectivity index (χ0) is 13.1. The van der Waals surface area contributed by atoms with Crippen LogP contribution in [0.25, 0.3) is 0 Å². The van der Waals surface area contributed by atoms with Gasteiger partial charge in [0.1, 0.15) is 0 Å². The van der Waals surface area contributed by atoms with Gasteiger partial charge in [0.25, 0.3) is 0 Å². The molecule has 0 spiro atoms. The number of hydrogen-bond donors (Lipinski definition) is 2. The number of hydrogen-bond acceptors (Lipinski definition) is 3. The fourth-order valence-corrected chi connectivity index (χ4v) is 2.76. The summed E-state index contributed by atoms with van der Waals surface area (Å²) in [6, 6.07) is 12.0. The van der Waals surface area contributed by atoms with Crippen LogP contribution in [0.3, 0.4) is 0 Å². The first kappa shape index (κ1) is 12.8. The van der Waals surface area contributed by atoms with Crippen LogP contribution in [0.1, 0.15) is 10.4 Å².